The Morgan fingerprint density at radius 1 is 1.07 bits per heavy atom. The molecule has 13 heteroatoms. The van der Waals surface area contributed by atoms with E-state index in [9.17, 15) is 13.2 Å². The van der Waals surface area contributed by atoms with Crippen LogP contribution in [0.2, 0.25) is 0 Å². The van der Waals surface area contributed by atoms with Crippen LogP contribution in [-0.4, -0.2) is 64.7 Å². The number of carbonyl (C=O) groups is 1. The lowest BCUT2D eigenvalue weighted by atomic mass is 9.80. The second kappa shape index (κ2) is 11.0. The Labute approximate surface area is 235 Å². The highest BCUT2D eigenvalue weighted by Gasteiger charge is 2.35. The number of imidazole rings is 1. The molecular formula is C27H42N8O4S. The average molecular weight is 575 g/mol. The first-order valence-electron chi connectivity index (χ1n) is 14.9. The first-order chi connectivity index (χ1) is 19.1. The van der Waals surface area contributed by atoms with Crippen molar-refractivity contribution in [1.82, 2.24) is 30.3 Å². The van der Waals surface area contributed by atoms with Crippen molar-refractivity contribution in [2.24, 2.45) is 17.8 Å². The SMILES string of the molecule is CC1CCC(Cn2c(N3CCCC3CS(C)(=O)=O)nc3nc(C4NOC(=O)N4)nc(N[C@H](C)C4CCC4)c32)CC1. The van der Waals surface area contributed by atoms with E-state index in [2.05, 4.69) is 39.4 Å². The van der Waals surface area contributed by atoms with Gasteiger partial charge in [-0.05, 0) is 63.2 Å². The van der Waals surface area contributed by atoms with E-state index in [0.717, 1.165) is 56.2 Å². The Morgan fingerprint density at radius 2 is 1.85 bits per heavy atom. The zero-order valence-corrected chi connectivity index (χ0v) is 24.5. The molecule has 6 rings (SSSR count). The maximum Gasteiger partial charge on any atom is 0.427 e. The molecule has 2 aliphatic heterocycles. The zero-order valence-electron chi connectivity index (χ0n) is 23.7. The molecule has 2 aliphatic carbocycles. The van der Waals surface area contributed by atoms with Crippen LogP contribution >= 0.6 is 0 Å². The van der Waals surface area contributed by atoms with Gasteiger partial charge in [-0.2, -0.15) is 4.98 Å². The lowest BCUT2D eigenvalue weighted by Crippen LogP contribution is -2.37. The summed E-state index contributed by atoms with van der Waals surface area (Å²) < 4.78 is 26.9. The molecule has 4 heterocycles. The van der Waals surface area contributed by atoms with Crippen LogP contribution in [0.1, 0.15) is 83.6 Å². The van der Waals surface area contributed by atoms with Crippen molar-refractivity contribution in [2.45, 2.75) is 96.4 Å². The van der Waals surface area contributed by atoms with Gasteiger partial charge in [0.05, 0.1) is 5.75 Å². The van der Waals surface area contributed by atoms with Crippen LogP contribution in [0.5, 0.6) is 0 Å². The van der Waals surface area contributed by atoms with E-state index in [0.29, 0.717) is 29.1 Å². The van der Waals surface area contributed by atoms with Crippen molar-refractivity contribution >= 4 is 38.9 Å². The predicted octanol–water partition coefficient (Wildman–Crippen LogP) is 3.51. The summed E-state index contributed by atoms with van der Waals surface area (Å²) in [5, 5.41) is 6.40. The lowest BCUT2D eigenvalue weighted by Gasteiger charge is -2.33. The topological polar surface area (TPSA) is 143 Å². The molecule has 4 fully saturated rings. The van der Waals surface area contributed by atoms with E-state index >= 15 is 0 Å². The van der Waals surface area contributed by atoms with Crippen molar-refractivity contribution in [3.63, 3.8) is 0 Å². The van der Waals surface area contributed by atoms with Gasteiger partial charge in [0.15, 0.2) is 23.5 Å². The van der Waals surface area contributed by atoms with Gasteiger partial charge in [-0.1, -0.05) is 26.2 Å². The van der Waals surface area contributed by atoms with Gasteiger partial charge >= 0.3 is 6.09 Å². The monoisotopic (exact) mass is 574 g/mol. The number of hydroxylamine groups is 1. The van der Waals surface area contributed by atoms with Gasteiger partial charge in [0.1, 0.15) is 15.4 Å². The molecule has 2 aromatic rings. The number of anilines is 2. The lowest BCUT2D eigenvalue weighted by molar-refractivity contribution is 0.120. The van der Waals surface area contributed by atoms with Gasteiger partial charge in [0, 0.05) is 31.4 Å². The van der Waals surface area contributed by atoms with E-state index in [1.807, 2.05) is 0 Å². The van der Waals surface area contributed by atoms with Gasteiger partial charge < -0.3 is 19.6 Å². The fraction of sp³-hybridized carbons (Fsp3) is 0.778. The minimum Gasteiger partial charge on any atom is -0.365 e. The summed E-state index contributed by atoms with van der Waals surface area (Å²) in [7, 11) is -3.16. The summed E-state index contributed by atoms with van der Waals surface area (Å²) in [6.45, 7) is 6.06. The molecule has 0 spiro atoms. The summed E-state index contributed by atoms with van der Waals surface area (Å²) in [6.07, 6.45) is 10.1. The van der Waals surface area contributed by atoms with Crippen molar-refractivity contribution in [2.75, 3.05) is 28.8 Å². The number of hydrogen-bond donors (Lipinski definition) is 3. The van der Waals surface area contributed by atoms with Gasteiger partial charge in [-0.3, -0.25) is 5.32 Å². The van der Waals surface area contributed by atoms with Crippen molar-refractivity contribution in [3.05, 3.63) is 5.82 Å². The molecular weight excluding hydrogens is 532 g/mol. The second-order valence-corrected chi connectivity index (χ2v) is 14.7. The summed E-state index contributed by atoms with van der Waals surface area (Å²) in [4.78, 5) is 33.7. The number of nitrogens with zero attached hydrogens (tertiary/aromatic N) is 5. The highest BCUT2D eigenvalue weighted by atomic mass is 32.2. The largest absolute Gasteiger partial charge is 0.427 e. The van der Waals surface area contributed by atoms with E-state index in [1.54, 1.807) is 0 Å². The number of sulfone groups is 1. The molecule has 4 aliphatic rings. The Kier molecular flexibility index (Phi) is 7.53. The Hall–Kier alpha value is -2.67. The van der Waals surface area contributed by atoms with Crippen LogP contribution in [0.3, 0.4) is 0 Å². The quantitative estimate of drug-likeness (QED) is 0.407. The second-order valence-electron chi connectivity index (χ2n) is 12.5. The van der Waals surface area contributed by atoms with Gasteiger partial charge in [0.2, 0.25) is 5.95 Å². The van der Waals surface area contributed by atoms with Gasteiger partial charge in [-0.15, -0.1) is 5.48 Å². The molecule has 1 amide bonds. The summed E-state index contributed by atoms with van der Waals surface area (Å²) in [6, 6.07) is 0.0908. The van der Waals surface area contributed by atoms with Crippen LogP contribution in [0.15, 0.2) is 0 Å². The van der Waals surface area contributed by atoms with Crippen molar-refractivity contribution in [3.8, 4) is 0 Å². The number of rotatable bonds is 9. The van der Waals surface area contributed by atoms with Crippen LogP contribution in [0.25, 0.3) is 11.2 Å². The van der Waals surface area contributed by atoms with E-state index in [1.165, 1.54) is 38.4 Å². The first kappa shape index (κ1) is 27.5. The maximum atomic E-state index is 12.3. The molecule has 0 aromatic carbocycles. The first-order valence-corrected chi connectivity index (χ1v) is 16.9. The highest BCUT2D eigenvalue weighted by molar-refractivity contribution is 7.90. The highest BCUT2D eigenvalue weighted by Crippen LogP contribution is 2.37. The summed E-state index contributed by atoms with van der Waals surface area (Å²) >= 11 is 0. The van der Waals surface area contributed by atoms with E-state index in [4.69, 9.17) is 19.8 Å². The third-order valence-electron chi connectivity index (χ3n) is 9.32. The molecule has 2 aromatic heterocycles. The van der Waals surface area contributed by atoms with Crippen LogP contribution in [0.4, 0.5) is 16.6 Å². The molecule has 40 heavy (non-hydrogen) atoms. The fourth-order valence-electron chi connectivity index (χ4n) is 6.73. The Balaban J connectivity index is 1.45. The number of hydrogen-bond acceptors (Lipinski definition) is 10. The number of carbonyl (C=O) groups excluding carboxylic acids is 1. The van der Waals surface area contributed by atoms with Crippen molar-refractivity contribution < 1.29 is 18.0 Å². The number of fused-ring (bicyclic) bond motifs is 1. The maximum absolute atomic E-state index is 12.3. The average Bonchev–Trinajstić information content (AvgIpc) is 3.57. The van der Waals surface area contributed by atoms with Crippen molar-refractivity contribution in [1.29, 1.82) is 0 Å². The molecule has 2 saturated heterocycles. The van der Waals surface area contributed by atoms with Crippen LogP contribution in [-0.2, 0) is 21.2 Å². The van der Waals surface area contributed by atoms with Gasteiger partial charge in [0.25, 0.3) is 0 Å². The number of amides is 1. The minimum atomic E-state index is -3.16. The molecule has 0 bridgehead atoms. The normalized spacial score (nSPS) is 28.4. The third kappa shape index (κ3) is 5.72. The summed E-state index contributed by atoms with van der Waals surface area (Å²) in [5.41, 5.74) is 4.06. The van der Waals surface area contributed by atoms with E-state index in [-0.39, 0.29) is 17.8 Å². The molecule has 220 valence electrons. The third-order valence-corrected chi connectivity index (χ3v) is 10.3. The standard InChI is InChI=1S/C27H42N8O4S/c1-16-9-11-18(12-10-16)14-35-21-22(28-17(2)19-6-4-7-19)29-24(25-32-27(36)39-33-25)30-23(21)31-26(35)34-13-5-8-20(34)15-40(3,37)38/h16-20,25,33H,4-15H2,1-3H3,(H,32,36)(H,28,29,30)/t16?,17-,18?,20?,25?/m1/s1. The van der Waals surface area contributed by atoms with Crippen LogP contribution in [0, 0.1) is 17.8 Å². The zero-order chi connectivity index (χ0) is 28.0. The van der Waals surface area contributed by atoms with Crippen LogP contribution < -0.4 is 21.0 Å². The molecule has 2 saturated carbocycles. The summed E-state index contributed by atoms with van der Waals surface area (Å²) in [5.74, 6) is 3.77. The van der Waals surface area contributed by atoms with Gasteiger partial charge in [-0.25, -0.2) is 23.2 Å². The Morgan fingerprint density at radius 3 is 2.50 bits per heavy atom. The fourth-order valence-corrected chi connectivity index (χ4v) is 7.78. The number of aromatic nitrogens is 4. The molecule has 3 atom stereocenters. The molecule has 2 unspecified atom stereocenters. The minimum absolute atomic E-state index is 0.104. The predicted molar refractivity (Wildman–Crippen MR) is 152 cm³/mol. The molecule has 12 nitrogen and oxygen atoms in total. The number of nitrogens with one attached hydrogen (secondary N) is 3. The van der Waals surface area contributed by atoms with E-state index < -0.39 is 22.1 Å². The smallest absolute Gasteiger partial charge is 0.365 e. The Bertz CT molecular complexity index is 1350. The molecule has 0 radical (unpaired) electrons. The molecule has 3 N–H and O–H groups in total.